The summed E-state index contributed by atoms with van der Waals surface area (Å²) in [7, 11) is 0. The van der Waals surface area contributed by atoms with Crippen LogP contribution in [0.15, 0.2) is 18.5 Å². The average molecular weight is 223 g/mol. The topological polar surface area (TPSA) is 54.0 Å². The molecular formula is C11H14FN3O. The molecule has 0 radical (unpaired) electrons. The number of carbonyl (C=O) groups is 1. The molecule has 1 aromatic rings. The first kappa shape index (κ1) is 11.0. The third kappa shape index (κ3) is 2.55. The largest absolute Gasteiger partial charge is 0.348 e. The van der Waals surface area contributed by atoms with Crippen LogP contribution in [0.3, 0.4) is 0 Å². The number of carbonyl (C=O) groups excluding carboxylic acids is 1. The molecule has 2 N–H and O–H groups in total. The zero-order valence-corrected chi connectivity index (χ0v) is 8.87. The monoisotopic (exact) mass is 223 g/mol. The number of nitrogens with one attached hydrogen (secondary N) is 2. The lowest BCUT2D eigenvalue weighted by Gasteiger charge is -2.23. The maximum absolute atomic E-state index is 13.3. The van der Waals surface area contributed by atoms with Gasteiger partial charge in [0.2, 0.25) is 0 Å². The van der Waals surface area contributed by atoms with Gasteiger partial charge < -0.3 is 10.6 Å². The van der Waals surface area contributed by atoms with Crippen molar-refractivity contribution in [3.8, 4) is 0 Å². The van der Waals surface area contributed by atoms with Crippen LogP contribution >= 0.6 is 0 Å². The highest BCUT2D eigenvalue weighted by Gasteiger charge is 2.18. The lowest BCUT2D eigenvalue weighted by atomic mass is 10.1. The summed E-state index contributed by atoms with van der Waals surface area (Å²) in [4.78, 5) is 15.3. The highest BCUT2D eigenvalue weighted by Crippen LogP contribution is 2.07. The van der Waals surface area contributed by atoms with Crippen molar-refractivity contribution in [3.63, 3.8) is 0 Å². The van der Waals surface area contributed by atoms with E-state index in [2.05, 4.69) is 15.6 Å². The summed E-state index contributed by atoms with van der Waals surface area (Å²) in [5.74, 6) is -0.947. The number of rotatable bonds is 2. The number of amides is 1. The van der Waals surface area contributed by atoms with Crippen LogP contribution in [0.2, 0.25) is 0 Å². The third-order valence-electron chi connectivity index (χ3n) is 2.65. The van der Waals surface area contributed by atoms with E-state index >= 15 is 0 Å². The second-order valence-electron chi connectivity index (χ2n) is 3.87. The molecule has 0 bridgehead atoms. The van der Waals surface area contributed by atoms with E-state index in [1.54, 1.807) is 0 Å². The minimum atomic E-state index is -0.580. The molecule has 0 unspecified atom stereocenters. The van der Waals surface area contributed by atoms with Crippen LogP contribution < -0.4 is 10.6 Å². The summed E-state index contributed by atoms with van der Waals surface area (Å²) in [5, 5.41) is 5.99. The smallest absolute Gasteiger partial charge is 0.254 e. The van der Waals surface area contributed by atoms with E-state index in [1.807, 2.05) is 0 Å². The first-order valence-electron chi connectivity index (χ1n) is 5.38. The Labute approximate surface area is 93.3 Å². The van der Waals surface area contributed by atoms with E-state index in [1.165, 1.54) is 12.3 Å². The quantitative estimate of drug-likeness (QED) is 0.776. The summed E-state index contributed by atoms with van der Waals surface area (Å²) in [6, 6.07) is 1.48. The summed E-state index contributed by atoms with van der Waals surface area (Å²) < 4.78 is 13.3. The number of hydrogen-bond donors (Lipinski definition) is 2. The Kier molecular flexibility index (Phi) is 3.46. The first-order chi connectivity index (χ1) is 7.77. The summed E-state index contributed by atoms with van der Waals surface area (Å²) in [5.41, 5.74) is 0.0561. The molecule has 0 saturated carbocycles. The minimum absolute atomic E-state index is 0.0561. The fourth-order valence-corrected chi connectivity index (χ4v) is 1.80. The maximum atomic E-state index is 13.3. The van der Waals surface area contributed by atoms with Gasteiger partial charge >= 0.3 is 0 Å². The maximum Gasteiger partial charge on any atom is 0.254 e. The van der Waals surface area contributed by atoms with Crippen molar-refractivity contribution < 1.29 is 9.18 Å². The van der Waals surface area contributed by atoms with Crippen molar-refractivity contribution in [1.29, 1.82) is 0 Å². The molecule has 2 heterocycles. The molecule has 0 aromatic carbocycles. The number of pyridine rings is 1. The van der Waals surface area contributed by atoms with Gasteiger partial charge in [0.05, 0.1) is 11.8 Å². The molecule has 86 valence electrons. The molecular weight excluding hydrogens is 209 g/mol. The van der Waals surface area contributed by atoms with E-state index in [0.717, 1.165) is 32.1 Å². The molecule has 2 rings (SSSR count). The standard InChI is InChI=1S/C11H14FN3O/c12-10-7-14-5-3-9(10)11(16)15-8-2-1-4-13-6-8/h3,5,7-8,13H,1-2,4,6H2,(H,15,16)/t8-/m1/s1. The lowest BCUT2D eigenvalue weighted by Crippen LogP contribution is -2.45. The Morgan fingerprint density at radius 2 is 2.50 bits per heavy atom. The summed E-state index contributed by atoms with van der Waals surface area (Å²) >= 11 is 0. The minimum Gasteiger partial charge on any atom is -0.348 e. The molecule has 0 aliphatic carbocycles. The van der Waals surface area contributed by atoms with Crippen LogP contribution in [0.5, 0.6) is 0 Å². The van der Waals surface area contributed by atoms with Gasteiger partial charge in [0.1, 0.15) is 0 Å². The van der Waals surface area contributed by atoms with Crippen LogP contribution in [0.25, 0.3) is 0 Å². The van der Waals surface area contributed by atoms with Gasteiger partial charge in [-0.25, -0.2) is 4.39 Å². The average Bonchev–Trinajstić information content (AvgIpc) is 2.31. The number of nitrogens with zero attached hydrogens (tertiary/aromatic N) is 1. The van der Waals surface area contributed by atoms with Crippen LogP contribution in [0, 0.1) is 5.82 Å². The predicted octanol–water partition coefficient (Wildman–Crippen LogP) is 0.702. The molecule has 1 atom stereocenters. The van der Waals surface area contributed by atoms with Crippen molar-refractivity contribution in [2.45, 2.75) is 18.9 Å². The second-order valence-corrected chi connectivity index (χ2v) is 3.87. The first-order valence-corrected chi connectivity index (χ1v) is 5.38. The van der Waals surface area contributed by atoms with Crippen molar-refractivity contribution in [1.82, 2.24) is 15.6 Å². The van der Waals surface area contributed by atoms with Crippen molar-refractivity contribution in [2.24, 2.45) is 0 Å². The molecule has 1 fully saturated rings. The Balaban J connectivity index is 2.00. The fraction of sp³-hybridized carbons (Fsp3) is 0.455. The second kappa shape index (κ2) is 5.03. The van der Waals surface area contributed by atoms with E-state index in [0.29, 0.717) is 0 Å². The normalized spacial score (nSPS) is 20.4. The molecule has 5 heteroatoms. The highest BCUT2D eigenvalue weighted by atomic mass is 19.1. The van der Waals surface area contributed by atoms with Gasteiger partial charge in [0, 0.05) is 18.8 Å². The third-order valence-corrected chi connectivity index (χ3v) is 2.65. The molecule has 1 amide bonds. The van der Waals surface area contributed by atoms with Crippen LogP contribution in [-0.2, 0) is 0 Å². The molecule has 1 aliphatic rings. The predicted molar refractivity (Wildman–Crippen MR) is 57.6 cm³/mol. The Morgan fingerprint density at radius 3 is 3.19 bits per heavy atom. The zero-order valence-electron chi connectivity index (χ0n) is 8.87. The van der Waals surface area contributed by atoms with Gasteiger partial charge in [-0.2, -0.15) is 0 Å². The van der Waals surface area contributed by atoms with Crippen molar-refractivity contribution in [2.75, 3.05) is 13.1 Å². The number of piperidine rings is 1. The van der Waals surface area contributed by atoms with Crippen LogP contribution in [-0.4, -0.2) is 30.0 Å². The molecule has 1 aromatic heterocycles. The van der Waals surface area contributed by atoms with Gasteiger partial charge in [-0.3, -0.25) is 9.78 Å². The van der Waals surface area contributed by atoms with Crippen LogP contribution in [0.4, 0.5) is 4.39 Å². The van der Waals surface area contributed by atoms with Gasteiger partial charge in [-0.05, 0) is 25.5 Å². The van der Waals surface area contributed by atoms with Gasteiger partial charge in [0.25, 0.3) is 5.91 Å². The Morgan fingerprint density at radius 1 is 1.62 bits per heavy atom. The molecule has 4 nitrogen and oxygen atoms in total. The number of halogens is 1. The molecule has 1 saturated heterocycles. The van der Waals surface area contributed by atoms with Gasteiger partial charge in [-0.15, -0.1) is 0 Å². The molecule has 1 aliphatic heterocycles. The van der Waals surface area contributed by atoms with E-state index < -0.39 is 5.82 Å². The number of aromatic nitrogens is 1. The zero-order chi connectivity index (χ0) is 11.4. The van der Waals surface area contributed by atoms with E-state index in [9.17, 15) is 9.18 Å². The number of hydrogen-bond acceptors (Lipinski definition) is 3. The molecule has 0 spiro atoms. The highest BCUT2D eigenvalue weighted by molar-refractivity contribution is 5.94. The van der Waals surface area contributed by atoms with E-state index in [-0.39, 0.29) is 17.5 Å². The van der Waals surface area contributed by atoms with E-state index in [4.69, 9.17) is 0 Å². The summed E-state index contributed by atoms with van der Waals surface area (Å²) in [6.07, 6.45) is 4.43. The fourth-order valence-electron chi connectivity index (χ4n) is 1.80. The van der Waals surface area contributed by atoms with Gasteiger partial charge in [0.15, 0.2) is 5.82 Å². The SMILES string of the molecule is O=C(N[C@@H]1CCCNC1)c1ccncc1F. The van der Waals surface area contributed by atoms with Crippen molar-refractivity contribution >= 4 is 5.91 Å². The lowest BCUT2D eigenvalue weighted by molar-refractivity contribution is 0.0926. The molecule has 16 heavy (non-hydrogen) atoms. The van der Waals surface area contributed by atoms with Crippen LogP contribution in [0.1, 0.15) is 23.2 Å². The van der Waals surface area contributed by atoms with Gasteiger partial charge in [-0.1, -0.05) is 0 Å². The Hall–Kier alpha value is -1.49. The van der Waals surface area contributed by atoms with Crippen molar-refractivity contribution in [3.05, 3.63) is 29.8 Å². The summed E-state index contributed by atoms with van der Waals surface area (Å²) in [6.45, 7) is 1.73. The Bertz CT molecular complexity index is 377.